The highest BCUT2D eigenvalue weighted by Gasteiger charge is 2.51. The summed E-state index contributed by atoms with van der Waals surface area (Å²) in [6.45, 7) is 4.37. The molecule has 0 unspecified atom stereocenters. The summed E-state index contributed by atoms with van der Waals surface area (Å²) in [6, 6.07) is 15.3. The van der Waals surface area contributed by atoms with Gasteiger partial charge in [-0.25, -0.2) is 9.97 Å². The summed E-state index contributed by atoms with van der Waals surface area (Å²) in [5, 5.41) is 13.6. The molecule has 9 nitrogen and oxygen atoms in total. The largest absolute Gasteiger partial charge is 0.481 e. The van der Waals surface area contributed by atoms with Gasteiger partial charge < -0.3 is 24.6 Å². The third kappa shape index (κ3) is 5.51. The molecule has 0 atom stereocenters. The van der Waals surface area contributed by atoms with Crippen molar-refractivity contribution in [3.05, 3.63) is 81.4 Å². The highest BCUT2D eigenvalue weighted by molar-refractivity contribution is 6.39. The molecule has 2 aromatic carbocycles. The van der Waals surface area contributed by atoms with Crippen LogP contribution in [0.4, 0.5) is 5.69 Å². The molecule has 0 bridgehead atoms. The number of nitrogens with one attached hydrogen (secondary N) is 1. The van der Waals surface area contributed by atoms with Crippen LogP contribution in [0.5, 0.6) is 5.88 Å². The number of likely N-dealkylation sites (N-methyl/N-ethyl adjacent to an activating group) is 1. The Morgan fingerprint density at radius 2 is 1.73 bits per heavy atom. The van der Waals surface area contributed by atoms with Gasteiger partial charge in [0.2, 0.25) is 5.88 Å². The molecule has 2 N–H and O–H groups in total. The second kappa shape index (κ2) is 11.7. The molecule has 0 radical (unpaired) electrons. The van der Waals surface area contributed by atoms with Crippen molar-refractivity contribution < 1.29 is 14.6 Å². The molecule has 2 aliphatic heterocycles. The number of carbonyl (C=O) groups excluding carboxylic acids is 1. The Hall–Kier alpha value is -3.47. The highest BCUT2D eigenvalue weighted by atomic mass is 35.5. The number of hydrogen-bond donors (Lipinski definition) is 2. The van der Waals surface area contributed by atoms with Crippen LogP contribution in [0, 0.1) is 5.41 Å². The Morgan fingerprint density at radius 3 is 2.47 bits per heavy atom. The van der Waals surface area contributed by atoms with E-state index in [4.69, 9.17) is 32.9 Å². The van der Waals surface area contributed by atoms with Crippen LogP contribution in [-0.4, -0.2) is 75.2 Å². The van der Waals surface area contributed by atoms with E-state index in [0.717, 1.165) is 80.1 Å². The van der Waals surface area contributed by atoms with E-state index in [1.165, 1.54) is 0 Å². The molecule has 1 saturated carbocycles. The molecule has 11 heteroatoms. The van der Waals surface area contributed by atoms with E-state index >= 15 is 0 Å². The fourth-order valence-corrected chi connectivity index (χ4v) is 7.78. The van der Waals surface area contributed by atoms with Gasteiger partial charge in [0.05, 0.1) is 40.3 Å². The Labute approximate surface area is 272 Å². The molecule has 1 aliphatic carbocycles. The number of carbonyl (C=O) groups is 1. The Bertz CT molecular complexity index is 1790. The molecule has 4 aromatic rings. The van der Waals surface area contributed by atoms with Crippen LogP contribution >= 0.6 is 23.2 Å². The first-order chi connectivity index (χ1) is 21.6. The molecule has 7 rings (SSSR count). The number of pyridine rings is 1. The molecular weight excluding hydrogens is 611 g/mol. The summed E-state index contributed by atoms with van der Waals surface area (Å²) >= 11 is 14.0. The van der Waals surface area contributed by atoms with Crippen molar-refractivity contribution in [3.8, 4) is 28.3 Å². The maximum absolute atomic E-state index is 13.4. The molecule has 45 heavy (non-hydrogen) atoms. The third-order valence-corrected chi connectivity index (χ3v) is 10.3. The van der Waals surface area contributed by atoms with Gasteiger partial charge in [-0.2, -0.15) is 0 Å². The number of likely N-dealkylation sites (tertiary alicyclic amines) is 1. The molecule has 234 valence electrons. The number of hydrogen-bond acceptors (Lipinski definition) is 7. The zero-order chi connectivity index (χ0) is 31.5. The number of aromatic nitrogens is 3. The van der Waals surface area contributed by atoms with Gasteiger partial charge in [0.25, 0.3) is 5.91 Å². The van der Waals surface area contributed by atoms with E-state index in [1.54, 1.807) is 13.2 Å². The number of benzene rings is 2. The van der Waals surface area contributed by atoms with Gasteiger partial charge in [0.1, 0.15) is 0 Å². The average Bonchev–Trinajstić information content (AvgIpc) is 3.32. The number of ether oxygens (including phenoxy) is 1. The summed E-state index contributed by atoms with van der Waals surface area (Å²) in [7, 11) is 5.56. The number of aliphatic hydroxyl groups is 1. The Kier molecular flexibility index (Phi) is 7.86. The van der Waals surface area contributed by atoms with Crippen LogP contribution in [0.2, 0.25) is 10.0 Å². The SMILES string of the molecule is COc1nc(-c2cccc(-c3cccc(NC(=O)c4nc5c(n4C)CCN(C)C5)c3Cl)c2Cl)ccc1CN1CC2(CC(O)C2)C1. The summed E-state index contributed by atoms with van der Waals surface area (Å²) in [5.74, 6) is 0.605. The first-order valence-corrected chi connectivity index (χ1v) is 16.0. The van der Waals surface area contributed by atoms with Crippen LogP contribution in [0.3, 0.4) is 0 Å². The maximum atomic E-state index is 13.4. The lowest BCUT2D eigenvalue weighted by atomic mass is 9.62. The Morgan fingerprint density at radius 1 is 1.02 bits per heavy atom. The monoisotopic (exact) mass is 646 g/mol. The van der Waals surface area contributed by atoms with Crippen LogP contribution in [0.15, 0.2) is 48.5 Å². The lowest BCUT2D eigenvalue weighted by Gasteiger charge is -2.58. The Balaban J connectivity index is 1.12. The van der Waals surface area contributed by atoms with Crippen LogP contribution in [-0.2, 0) is 26.6 Å². The van der Waals surface area contributed by atoms with Crippen molar-refractivity contribution in [3.63, 3.8) is 0 Å². The minimum atomic E-state index is -0.316. The number of imidazole rings is 1. The van der Waals surface area contributed by atoms with Crippen molar-refractivity contribution in [2.24, 2.45) is 12.5 Å². The molecule has 4 heterocycles. The fourth-order valence-electron chi connectivity index (χ4n) is 7.18. The molecule has 3 aliphatic rings. The molecule has 1 amide bonds. The van der Waals surface area contributed by atoms with Crippen molar-refractivity contribution in [1.82, 2.24) is 24.3 Å². The van der Waals surface area contributed by atoms with E-state index in [9.17, 15) is 9.90 Å². The molecule has 1 saturated heterocycles. The highest BCUT2D eigenvalue weighted by Crippen LogP contribution is 2.49. The zero-order valence-corrected chi connectivity index (χ0v) is 27.1. The lowest BCUT2D eigenvalue weighted by Crippen LogP contribution is -2.63. The smallest absolute Gasteiger partial charge is 0.291 e. The predicted octanol–water partition coefficient (Wildman–Crippen LogP) is 5.66. The fraction of sp³-hybridized carbons (Fsp3) is 0.382. The standard InChI is InChI=1S/C34H36Cl2N6O3/c1-40-13-12-28-27(17-40)37-31(41(28)2)32(44)38-26-9-5-7-23(30(26)36)22-6-4-8-24(29(22)35)25-11-10-20(33(39-25)45-3)16-42-18-34(19-42)14-21(43)15-34/h4-11,21,43H,12-19H2,1-3H3,(H,38,44). The van der Waals surface area contributed by atoms with E-state index in [0.29, 0.717) is 44.1 Å². The van der Waals surface area contributed by atoms with Gasteiger partial charge in [-0.3, -0.25) is 9.69 Å². The van der Waals surface area contributed by atoms with Crippen molar-refractivity contribution >= 4 is 34.8 Å². The van der Waals surface area contributed by atoms with Crippen LogP contribution in [0.25, 0.3) is 22.4 Å². The van der Waals surface area contributed by atoms with Crippen molar-refractivity contribution in [2.45, 2.75) is 38.5 Å². The lowest BCUT2D eigenvalue weighted by molar-refractivity contribution is -0.131. The number of amides is 1. The number of anilines is 1. The van der Waals surface area contributed by atoms with Crippen LogP contribution in [0.1, 0.15) is 40.4 Å². The number of fused-ring (bicyclic) bond motifs is 1. The zero-order valence-electron chi connectivity index (χ0n) is 25.6. The van der Waals surface area contributed by atoms with Gasteiger partial charge in [-0.15, -0.1) is 0 Å². The van der Waals surface area contributed by atoms with E-state index in [-0.39, 0.29) is 12.0 Å². The predicted molar refractivity (Wildman–Crippen MR) is 176 cm³/mol. The first kappa shape index (κ1) is 30.2. The average molecular weight is 648 g/mol. The van der Waals surface area contributed by atoms with Crippen LogP contribution < -0.4 is 10.1 Å². The minimum absolute atomic E-state index is 0.140. The number of halogens is 2. The third-order valence-electron chi connectivity index (χ3n) is 9.44. The van der Waals surface area contributed by atoms with E-state index in [2.05, 4.69) is 27.1 Å². The van der Waals surface area contributed by atoms with Crippen molar-refractivity contribution in [1.29, 1.82) is 0 Å². The number of rotatable bonds is 7. The van der Waals surface area contributed by atoms with Gasteiger partial charge in [-0.1, -0.05) is 59.6 Å². The summed E-state index contributed by atoms with van der Waals surface area (Å²) in [4.78, 5) is 27.4. The number of aliphatic hydroxyl groups excluding tert-OH is 1. The molecule has 2 aromatic heterocycles. The van der Waals surface area contributed by atoms with Crippen molar-refractivity contribution in [2.75, 3.05) is 39.1 Å². The van der Waals surface area contributed by atoms with E-state index in [1.807, 2.05) is 54.1 Å². The second-order valence-corrected chi connectivity index (χ2v) is 13.5. The van der Waals surface area contributed by atoms with Gasteiger partial charge in [0.15, 0.2) is 5.82 Å². The van der Waals surface area contributed by atoms with Gasteiger partial charge in [-0.05, 0) is 32.0 Å². The molecule has 1 spiro atoms. The van der Waals surface area contributed by atoms with Gasteiger partial charge in [0, 0.05) is 79.6 Å². The second-order valence-electron chi connectivity index (χ2n) is 12.7. The van der Waals surface area contributed by atoms with E-state index < -0.39 is 0 Å². The topological polar surface area (TPSA) is 95.7 Å². The quantitative estimate of drug-likeness (QED) is 0.267. The minimum Gasteiger partial charge on any atom is -0.481 e. The number of nitrogens with zero attached hydrogens (tertiary/aromatic N) is 5. The maximum Gasteiger partial charge on any atom is 0.291 e. The number of methoxy groups -OCH3 is 1. The first-order valence-electron chi connectivity index (χ1n) is 15.2. The normalized spacial score (nSPS) is 17.9. The summed E-state index contributed by atoms with van der Waals surface area (Å²) < 4.78 is 7.58. The molecule has 2 fully saturated rings. The summed E-state index contributed by atoms with van der Waals surface area (Å²) in [5.41, 5.74) is 6.66. The molecular formula is C34H36Cl2N6O3. The summed E-state index contributed by atoms with van der Waals surface area (Å²) in [6.07, 6.45) is 2.51. The van der Waals surface area contributed by atoms with Gasteiger partial charge >= 0.3 is 0 Å².